The predicted molar refractivity (Wildman–Crippen MR) is 166 cm³/mol. The van der Waals surface area contributed by atoms with E-state index in [4.69, 9.17) is 4.98 Å². The van der Waals surface area contributed by atoms with Gasteiger partial charge in [-0.3, -0.25) is 9.78 Å². The molecule has 1 aromatic carbocycles. The van der Waals surface area contributed by atoms with Crippen LogP contribution >= 0.6 is 0 Å². The highest BCUT2D eigenvalue weighted by Crippen LogP contribution is 2.28. The first-order valence-corrected chi connectivity index (χ1v) is 14.7. The summed E-state index contributed by atoms with van der Waals surface area (Å²) in [5.41, 5.74) is 6.37. The third kappa shape index (κ3) is 6.27. The first kappa shape index (κ1) is 27.6. The summed E-state index contributed by atoms with van der Waals surface area (Å²) in [6.45, 7) is 12.4. The van der Waals surface area contributed by atoms with E-state index in [2.05, 4.69) is 60.8 Å². The van der Waals surface area contributed by atoms with Gasteiger partial charge in [0.2, 0.25) is 0 Å². The number of pyridine rings is 2. The van der Waals surface area contributed by atoms with Crippen molar-refractivity contribution in [3.8, 4) is 11.4 Å². The molecule has 4 aromatic rings. The Morgan fingerprint density at radius 2 is 2.00 bits per heavy atom. The molecule has 1 amide bonds. The summed E-state index contributed by atoms with van der Waals surface area (Å²) < 4.78 is 0. The third-order valence-electron chi connectivity index (χ3n) is 8.34. The van der Waals surface area contributed by atoms with E-state index in [0.717, 1.165) is 84.1 Å². The Hall–Kier alpha value is -3.93. The van der Waals surface area contributed by atoms with E-state index in [-0.39, 0.29) is 5.91 Å². The maximum absolute atomic E-state index is 13.3. The van der Waals surface area contributed by atoms with Crippen LogP contribution in [0.15, 0.2) is 61.3 Å². The van der Waals surface area contributed by atoms with Crippen molar-refractivity contribution in [1.82, 2.24) is 19.9 Å². The zero-order valence-corrected chi connectivity index (χ0v) is 24.0. The van der Waals surface area contributed by atoms with E-state index in [0.29, 0.717) is 11.6 Å². The van der Waals surface area contributed by atoms with Crippen LogP contribution in [0.4, 0.5) is 11.5 Å². The van der Waals surface area contributed by atoms with Crippen LogP contribution in [0.5, 0.6) is 0 Å². The number of fused-ring (bicyclic) bond motifs is 1. The summed E-state index contributed by atoms with van der Waals surface area (Å²) in [6, 6.07) is 16.3. The van der Waals surface area contributed by atoms with Crippen molar-refractivity contribution >= 4 is 34.4 Å². The van der Waals surface area contributed by atoms with Crippen LogP contribution in [0.25, 0.3) is 28.4 Å². The van der Waals surface area contributed by atoms with Gasteiger partial charge < -0.3 is 15.2 Å². The molecule has 0 radical (unpaired) electrons. The average Bonchev–Trinajstić information content (AvgIpc) is 3.25. The molecule has 1 fully saturated rings. The van der Waals surface area contributed by atoms with Crippen molar-refractivity contribution in [3.63, 3.8) is 0 Å². The van der Waals surface area contributed by atoms with Crippen LogP contribution in [0.2, 0.25) is 0 Å². The lowest BCUT2D eigenvalue weighted by Gasteiger charge is -2.19. The Balaban J connectivity index is 1.36. The molecule has 2 N–H and O–H groups in total. The van der Waals surface area contributed by atoms with Gasteiger partial charge in [0, 0.05) is 41.4 Å². The Morgan fingerprint density at radius 1 is 1.12 bits per heavy atom. The molecular formula is C34H41N5O. The summed E-state index contributed by atoms with van der Waals surface area (Å²) >= 11 is 0. The first-order valence-electron chi connectivity index (χ1n) is 14.7. The second kappa shape index (κ2) is 12.5. The number of carbonyl (C=O) groups is 1. The first-order chi connectivity index (χ1) is 19.5. The van der Waals surface area contributed by atoms with Gasteiger partial charge in [0.15, 0.2) is 0 Å². The molecule has 4 heterocycles. The molecule has 0 bridgehead atoms. The molecular weight excluding hydrogens is 494 g/mol. The molecule has 6 heteroatoms. The van der Waals surface area contributed by atoms with Crippen molar-refractivity contribution in [1.29, 1.82) is 0 Å². The lowest BCUT2D eigenvalue weighted by atomic mass is 9.98. The minimum atomic E-state index is 0.0915. The quantitative estimate of drug-likeness (QED) is 0.226. The summed E-state index contributed by atoms with van der Waals surface area (Å²) in [4.78, 5) is 28.2. The molecule has 208 valence electrons. The average molecular weight is 536 g/mol. The van der Waals surface area contributed by atoms with Crippen LogP contribution in [-0.2, 0) is 6.42 Å². The lowest BCUT2D eigenvalue weighted by molar-refractivity contribution is 0.0755. The molecule has 2 atom stereocenters. The van der Waals surface area contributed by atoms with Gasteiger partial charge in [-0.1, -0.05) is 46.3 Å². The Kier molecular flexibility index (Phi) is 8.63. The number of hydrogen-bond acceptors (Lipinski definition) is 4. The number of rotatable bonds is 9. The van der Waals surface area contributed by atoms with Crippen molar-refractivity contribution in [2.24, 2.45) is 11.8 Å². The van der Waals surface area contributed by atoms with Crippen LogP contribution in [0, 0.1) is 11.8 Å². The molecule has 1 aliphatic heterocycles. The number of hydrogen-bond donors (Lipinski definition) is 2. The van der Waals surface area contributed by atoms with E-state index < -0.39 is 0 Å². The van der Waals surface area contributed by atoms with E-state index in [1.165, 1.54) is 18.4 Å². The monoisotopic (exact) mass is 535 g/mol. The second-order valence-corrected chi connectivity index (χ2v) is 11.2. The second-order valence-electron chi connectivity index (χ2n) is 11.2. The number of aromatic amines is 1. The van der Waals surface area contributed by atoms with Gasteiger partial charge in [0.05, 0.1) is 11.4 Å². The smallest absolute Gasteiger partial charge is 0.270 e. The van der Waals surface area contributed by atoms with Crippen LogP contribution in [0.3, 0.4) is 0 Å². The Labute approximate surface area is 237 Å². The minimum absolute atomic E-state index is 0.0915. The number of nitrogens with zero attached hydrogens (tertiary/aromatic N) is 3. The third-order valence-corrected chi connectivity index (χ3v) is 8.34. The van der Waals surface area contributed by atoms with E-state index in [9.17, 15) is 4.79 Å². The summed E-state index contributed by atoms with van der Waals surface area (Å²) in [5.74, 6) is 2.17. The molecule has 2 unspecified atom stereocenters. The molecule has 0 saturated carbocycles. The maximum Gasteiger partial charge on any atom is 0.270 e. The standard InChI is InChI=1S/C34H41N5O/c1-5-23(4)19-25-14-16-35-31(20-25)30-12-10-26(7-3)33(38-30)36-28-11-13-29-27(21-28)22-32(37-29)34(40)39-17-8-9-24(6-2)15-18-39/h7,10-14,16,20-24,37H,3,5-6,8-9,15,17-19H2,1-2,4H3,(H,36,38). The van der Waals surface area contributed by atoms with Crippen LogP contribution in [-0.4, -0.2) is 38.8 Å². The van der Waals surface area contributed by atoms with Gasteiger partial charge >= 0.3 is 0 Å². The number of carbonyl (C=O) groups excluding carboxylic acids is 1. The Bertz CT molecular complexity index is 1490. The SMILES string of the molecule is C=Cc1ccc(-c2cc(CC(C)CC)ccn2)nc1Nc1ccc2[nH]c(C(=O)N3CCCC(CC)CC3)cc2c1. The zero-order valence-electron chi connectivity index (χ0n) is 24.0. The number of amides is 1. The highest BCUT2D eigenvalue weighted by Gasteiger charge is 2.22. The van der Waals surface area contributed by atoms with Gasteiger partial charge in [0.25, 0.3) is 5.91 Å². The molecule has 6 nitrogen and oxygen atoms in total. The fourth-order valence-corrected chi connectivity index (χ4v) is 5.57. The number of benzene rings is 1. The number of aromatic nitrogens is 3. The topological polar surface area (TPSA) is 73.9 Å². The maximum atomic E-state index is 13.3. The molecule has 5 rings (SSSR count). The lowest BCUT2D eigenvalue weighted by Crippen LogP contribution is -2.32. The zero-order chi connectivity index (χ0) is 28.1. The molecule has 40 heavy (non-hydrogen) atoms. The Morgan fingerprint density at radius 3 is 2.80 bits per heavy atom. The highest BCUT2D eigenvalue weighted by atomic mass is 16.2. The molecule has 1 aliphatic rings. The number of anilines is 2. The molecule has 1 saturated heterocycles. The van der Waals surface area contributed by atoms with E-state index >= 15 is 0 Å². The fraction of sp³-hybridized carbons (Fsp3) is 0.382. The van der Waals surface area contributed by atoms with Crippen LogP contribution < -0.4 is 5.32 Å². The molecule has 0 spiro atoms. The van der Waals surface area contributed by atoms with Gasteiger partial charge in [-0.2, -0.15) is 0 Å². The summed E-state index contributed by atoms with van der Waals surface area (Å²) in [5, 5.41) is 4.47. The minimum Gasteiger partial charge on any atom is -0.351 e. The van der Waals surface area contributed by atoms with Gasteiger partial charge in [0.1, 0.15) is 11.5 Å². The van der Waals surface area contributed by atoms with Gasteiger partial charge in [-0.15, -0.1) is 0 Å². The van der Waals surface area contributed by atoms with Crippen molar-refractivity contribution in [2.75, 3.05) is 18.4 Å². The normalized spacial score (nSPS) is 16.5. The molecule has 0 aliphatic carbocycles. The number of likely N-dealkylation sites (tertiary alicyclic amines) is 1. The largest absolute Gasteiger partial charge is 0.351 e. The van der Waals surface area contributed by atoms with E-state index in [1.807, 2.05) is 47.5 Å². The van der Waals surface area contributed by atoms with Crippen LogP contribution in [0.1, 0.15) is 74.5 Å². The number of H-pyrrole nitrogens is 1. The fourth-order valence-electron chi connectivity index (χ4n) is 5.57. The molecule has 3 aromatic heterocycles. The van der Waals surface area contributed by atoms with Crippen molar-refractivity contribution < 1.29 is 4.79 Å². The summed E-state index contributed by atoms with van der Waals surface area (Å²) in [7, 11) is 0. The number of nitrogens with one attached hydrogen (secondary N) is 2. The van der Waals surface area contributed by atoms with Crippen molar-refractivity contribution in [2.45, 2.75) is 59.3 Å². The summed E-state index contributed by atoms with van der Waals surface area (Å²) in [6.07, 6.45) is 10.4. The van der Waals surface area contributed by atoms with Gasteiger partial charge in [-0.05, 0) is 91.6 Å². The van der Waals surface area contributed by atoms with Crippen molar-refractivity contribution in [3.05, 3.63) is 78.1 Å². The predicted octanol–water partition coefficient (Wildman–Crippen LogP) is 8.25. The van der Waals surface area contributed by atoms with Gasteiger partial charge in [-0.25, -0.2) is 4.98 Å². The highest BCUT2D eigenvalue weighted by molar-refractivity contribution is 5.99. The van der Waals surface area contributed by atoms with E-state index in [1.54, 1.807) is 0 Å².